The van der Waals surface area contributed by atoms with E-state index in [-0.39, 0.29) is 11.1 Å². The number of carbonyl (C=O) groups excluding carboxylic acids is 1. The van der Waals surface area contributed by atoms with Crippen molar-refractivity contribution in [2.45, 2.75) is 27.7 Å². The third-order valence-corrected chi connectivity index (χ3v) is 3.23. The van der Waals surface area contributed by atoms with Crippen LogP contribution in [0.1, 0.15) is 38.1 Å². The molecule has 0 saturated carbocycles. The van der Waals surface area contributed by atoms with Crippen LogP contribution in [0.15, 0.2) is 16.7 Å². The lowest BCUT2D eigenvalue weighted by atomic mass is 10.1. The Morgan fingerprint density at radius 1 is 1.32 bits per heavy atom. The highest BCUT2D eigenvalue weighted by atomic mass is 79.9. The molecule has 5 heteroatoms. The summed E-state index contributed by atoms with van der Waals surface area (Å²) in [5, 5.41) is 0.255. The molecule has 0 atom stereocenters. The average Bonchev–Trinajstić information content (AvgIpc) is 2.29. The average molecular weight is 348 g/mol. The van der Waals surface area contributed by atoms with Gasteiger partial charge in [0.05, 0.1) is 5.56 Å². The number of amides is 1. The fourth-order valence-corrected chi connectivity index (χ4v) is 2.38. The van der Waals surface area contributed by atoms with Crippen LogP contribution in [0.25, 0.3) is 0 Å². The Hall–Kier alpha value is -0.610. The molecule has 1 aromatic heterocycles. The van der Waals surface area contributed by atoms with E-state index in [1.165, 1.54) is 0 Å². The summed E-state index contributed by atoms with van der Waals surface area (Å²) < 4.78 is 0.759. The van der Waals surface area contributed by atoms with Crippen LogP contribution in [-0.2, 0) is 0 Å². The summed E-state index contributed by atoms with van der Waals surface area (Å²) in [6.45, 7) is 9.84. The highest BCUT2D eigenvalue weighted by Gasteiger charge is 2.21. The molecule has 0 N–H and O–H groups in total. The van der Waals surface area contributed by atoms with Crippen molar-refractivity contribution in [3.05, 3.63) is 27.5 Å². The molecule has 0 fully saturated rings. The van der Waals surface area contributed by atoms with Gasteiger partial charge in [-0.1, -0.05) is 39.3 Å². The van der Waals surface area contributed by atoms with Gasteiger partial charge in [-0.25, -0.2) is 4.98 Å². The van der Waals surface area contributed by atoms with E-state index in [9.17, 15) is 4.79 Å². The predicted octanol–water partition coefficient (Wildman–Crippen LogP) is 4.25. The molecule has 106 valence electrons. The Morgan fingerprint density at radius 2 is 1.84 bits per heavy atom. The number of hydrogen-bond acceptors (Lipinski definition) is 2. The molecular weight excluding hydrogens is 328 g/mol. The molecule has 0 aliphatic rings. The smallest absolute Gasteiger partial charge is 0.257 e. The standard InChI is InChI=1S/C14H20BrClN2O/c1-9(2)7-18(8-10(3)4)14(19)12-5-11(15)6-17-13(12)16/h5-6,9-10H,7-8H2,1-4H3. The third kappa shape index (κ3) is 5.11. The Morgan fingerprint density at radius 3 is 2.32 bits per heavy atom. The van der Waals surface area contributed by atoms with E-state index >= 15 is 0 Å². The lowest BCUT2D eigenvalue weighted by Crippen LogP contribution is -2.37. The van der Waals surface area contributed by atoms with E-state index in [0.29, 0.717) is 17.4 Å². The normalized spacial score (nSPS) is 11.2. The fourth-order valence-electron chi connectivity index (χ4n) is 1.86. The summed E-state index contributed by atoms with van der Waals surface area (Å²) in [6.07, 6.45) is 1.59. The molecule has 0 aliphatic heterocycles. The maximum atomic E-state index is 12.6. The van der Waals surface area contributed by atoms with Crippen LogP contribution in [0.5, 0.6) is 0 Å². The van der Waals surface area contributed by atoms with Crippen LogP contribution >= 0.6 is 27.5 Å². The van der Waals surface area contributed by atoms with Crippen molar-refractivity contribution in [3.8, 4) is 0 Å². The van der Waals surface area contributed by atoms with Gasteiger partial charge in [0.1, 0.15) is 5.15 Å². The fraction of sp³-hybridized carbons (Fsp3) is 0.571. The van der Waals surface area contributed by atoms with E-state index < -0.39 is 0 Å². The number of carbonyl (C=O) groups is 1. The number of aromatic nitrogens is 1. The minimum atomic E-state index is -0.0544. The molecule has 1 amide bonds. The monoisotopic (exact) mass is 346 g/mol. The van der Waals surface area contributed by atoms with Crippen LogP contribution in [0.4, 0.5) is 0 Å². The number of halogens is 2. The first kappa shape index (κ1) is 16.4. The number of rotatable bonds is 5. The first-order valence-electron chi connectivity index (χ1n) is 6.41. The first-order valence-corrected chi connectivity index (χ1v) is 7.58. The van der Waals surface area contributed by atoms with Crippen molar-refractivity contribution in [1.82, 2.24) is 9.88 Å². The van der Waals surface area contributed by atoms with Crippen LogP contribution < -0.4 is 0 Å². The molecule has 0 saturated heterocycles. The number of hydrogen-bond donors (Lipinski definition) is 0. The summed E-state index contributed by atoms with van der Waals surface area (Å²) in [5.41, 5.74) is 0.456. The number of pyridine rings is 1. The van der Waals surface area contributed by atoms with E-state index in [1.807, 2.05) is 4.90 Å². The van der Waals surface area contributed by atoms with Gasteiger partial charge in [-0.15, -0.1) is 0 Å². The van der Waals surface area contributed by atoms with Gasteiger partial charge in [-0.3, -0.25) is 4.79 Å². The molecule has 0 aliphatic carbocycles. The maximum absolute atomic E-state index is 12.6. The Kier molecular flexibility index (Phi) is 6.27. The van der Waals surface area contributed by atoms with Crippen LogP contribution in [0.2, 0.25) is 5.15 Å². The molecule has 0 aromatic carbocycles. The molecule has 0 radical (unpaired) electrons. The molecule has 19 heavy (non-hydrogen) atoms. The second-order valence-corrected chi connectivity index (χ2v) is 6.76. The minimum Gasteiger partial charge on any atom is -0.338 e. The predicted molar refractivity (Wildman–Crippen MR) is 82.5 cm³/mol. The van der Waals surface area contributed by atoms with Crippen molar-refractivity contribution in [3.63, 3.8) is 0 Å². The molecule has 1 aromatic rings. The van der Waals surface area contributed by atoms with Crippen molar-refractivity contribution >= 4 is 33.4 Å². The topological polar surface area (TPSA) is 33.2 Å². The summed E-state index contributed by atoms with van der Waals surface area (Å²) in [5.74, 6) is 0.782. The van der Waals surface area contributed by atoms with Gasteiger partial charge < -0.3 is 4.90 Å². The van der Waals surface area contributed by atoms with Crippen molar-refractivity contribution in [2.24, 2.45) is 11.8 Å². The molecular formula is C14H20BrClN2O. The van der Waals surface area contributed by atoms with Gasteiger partial charge in [-0.2, -0.15) is 0 Å². The van der Waals surface area contributed by atoms with E-state index in [4.69, 9.17) is 11.6 Å². The zero-order valence-corrected chi connectivity index (χ0v) is 14.1. The van der Waals surface area contributed by atoms with Gasteiger partial charge in [0.25, 0.3) is 5.91 Å². The Bertz CT molecular complexity index is 439. The highest BCUT2D eigenvalue weighted by Crippen LogP contribution is 2.20. The van der Waals surface area contributed by atoms with Crippen molar-refractivity contribution in [2.75, 3.05) is 13.1 Å². The maximum Gasteiger partial charge on any atom is 0.257 e. The summed E-state index contributed by atoms with van der Waals surface area (Å²) in [4.78, 5) is 18.4. The molecule has 0 spiro atoms. The Balaban J connectivity index is 3.00. The minimum absolute atomic E-state index is 0.0544. The third-order valence-electron chi connectivity index (χ3n) is 2.49. The van der Waals surface area contributed by atoms with Crippen molar-refractivity contribution < 1.29 is 4.79 Å². The second-order valence-electron chi connectivity index (χ2n) is 5.49. The van der Waals surface area contributed by atoms with E-state index in [1.54, 1.807) is 12.3 Å². The van der Waals surface area contributed by atoms with Gasteiger partial charge in [0.15, 0.2) is 0 Å². The van der Waals surface area contributed by atoms with E-state index in [0.717, 1.165) is 17.6 Å². The highest BCUT2D eigenvalue weighted by molar-refractivity contribution is 9.10. The SMILES string of the molecule is CC(C)CN(CC(C)C)C(=O)c1cc(Br)cnc1Cl. The summed E-state index contributed by atoms with van der Waals surface area (Å²) in [6, 6.07) is 1.73. The summed E-state index contributed by atoms with van der Waals surface area (Å²) in [7, 11) is 0. The van der Waals surface area contributed by atoms with Crippen molar-refractivity contribution in [1.29, 1.82) is 0 Å². The second kappa shape index (κ2) is 7.25. The first-order chi connectivity index (χ1) is 8.81. The quantitative estimate of drug-likeness (QED) is 0.746. The van der Waals surface area contributed by atoms with Crippen LogP contribution in [-0.4, -0.2) is 28.9 Å². The van der Waals surface area contributed by atoms with Gasteiger partial charge >= 0.3 is 0 Å². The Labute approximate surface area is 128 Å². The molecule has 1 rings (SSSR count). The van der Waals surface area contributed by atoms with Gasteiger partial charge in [0.2, 0.25) is 0 Å². The zero-order valence-electron chi connectivity index (χ0n) is 11.8. The van der Waals surface area contributed by atoms with Gasteiger partial charge in [-0.05, 0) is 33.8 Å². The molecule has 0 unspecified atom stereocenters. The molecule has 3 nitrogen and oxygen atoms in total. The lowest BCUT2D eigenvalue weighted by Gasteiger charge is -2.26. The van der Waals surface area contributed by atoms with Gasteiger partial charge in [0, 0.05) is 23.8 Å². The van der Waals surface area contributed by atoms with Crippen LogP contribution in [0, 0.1) is 11.8 Å². The van der Waals surface area contributed by atoms with E-state index in [2.05, 4.69) is 48.6 Å². The van der Waals surface area contributed by atoms with Crippen LogP contribution in [0.3, 0.4) is 0 Å². The molecule has 1 heterocycles. The summed E-state index contributed by atoms with van der Waals surface area (Å²) >= 11 is 9.35. The molecule has 0 bridgehead atoms. The zero-order chi connectivity index (χ0) is 14.6. The largest absolute Gasteiger partial charge is 0.338 e. The lowest BCUT2D eigenvalue weighted by molar-refractivity contribution is 0.0715. The number of nitrogens with zero attached hydrogens (tertiary/aromatic N) is 2.